The second kappa shape index (κ2) is 5.54. The van der Waals surface area contributed by atoms with Crippen molar-refractivity contribution >= 4 is 23.7 Å². The molecule has 0 aliphatic carbocycles. The summed E-state index contributed by atoms with van der Waals surface area (Å²) < 4.78 is 17.9. The van der Waals surface area contributed by atoms with E-state index in [1.807, 2.05) is 0 Å². The zero-order valence-electron chi connectivity index (χ0n) is 12.5. The molecule has 0 spiro atoms. The molecule has 1 saturated heterocycles. The number of amides is 1. The van der Waals surface area contributed by atoms with Crippen molar-refractivity contribution in [3.05, 3.63) is 12.0 Å². The second-order valence-corrected chi connectivity index (χ2v) is 5.35. The zero-order valence-corrected chi connectivity index (χ0v) is 12.5. The van der Waals surface area contributed by atoms with Crippen LogP contribution in [0.25, 0.3) is 0 Å². The van der Waals surface area contributed by atoms with Crippen LogP contribution < -0.4 is 11.1 Å². The van der Waals surface area contributed by atoms with Crippen molar-refractivity contribution < 1.29 is 28.6 Å². The van der Waals surface area contributed by atoms with Crippen LogP contribution in [0, 0.1) is 0 Å². The molecule has 1 unspecified atom stereocenters. The first-order chi connectivity index (χ1) is 10.9. The minimum absolute atomic E-state index is 0.0618. The number of esters is 2. The predicted molar refractivity (Wildman–Crippen MR) is 74.1 cm³/mol. The van der Waals surface area contributed by atoms with Crippen molar-refractivity contribution in [1.82, 2.24) is 9.55 Å². The van der Waals surface area contributed by atoms with Gasteiger partial charge < -0.3 is 29.8 Å². The van der Waals surface area contributed by atoms with E-state index in [-0.39, 0.29) is 12.2 Å². The normalized spacial score (nSPS) is 28.3. The van der Waals surface area contributed by atoms with Gasteiger partial charge in [-0.15, -0.1) is 0 Å². The first kappa shape index (κ1) is 15.3. The minimum Gasteiger partial charge on any atom is -0.456 e. The Morgan fingerprint density at radius 3 is 2.57 bits per heavy atom. The molecule has 2 bridgehead atoms. The molecule has 4 atom stereocenters. The fraction of sp³-hybridized carbons (Fsp3) is 0.538. The van der Waals surface area contributed by atoms with Gasteiger partial charge in [0.05, 0.1) is 12.9 Å². The highest BCUT2D eigenvalue weighted by Crippen LogP contribution is 2.33. The number of imidazole rings is 1. The molecule has 1 aromatic heterocycles. The molecular formula is C13H16N4O6. The molecule has 10 nitrogen and oxygen atoms in total. The van der Waals surface area contributed by atoms with Crippen molar-refractivity contribution in [1.29, 1.82) is 0 Å². The van der Waals surface area contributed by atoms with Crippen LogP contribution in [-0.4, -0.2) is 51.9 Å². The number of fused-ring (bicyclic) bond motifs is 3. The highest BCUT2D eigenvalue weighted by molar-refractivity contribution is 5.95. The van der Waals surface area contributed by atoms with Gasteiger partial charge in [-0.1, -0.05) is 0 Å². The standard InChI is InChI=1S/C13H16N4O6/c1-5(18)21-9-7-3-17-4-15-8(11(14)20)12(17)16-13(23-7)10(9)22-6(2)19/h4,7,9-10,13,16H,3H2,1-2H3,(H2,14,20)/t7-,9+,10?,13+/m1/s1. The Balaban J connectivity index is 1.94. The maximum Gasteiger partial charge on any atom is 0.303 e. The highest BCUT2D eigenvalue weighted by Gasteiger charge is 2.51. The summed E-state index contributed by atoms with van der Waals surface area (Å²) in [6.07, 6.45) is -1.51. The Morgan fingerprint density at radius 1 is 1.30 bits per heavy atom. The third-order valence-electron chi connectivity index (χ3n) is 3.64. The van der Waals surface area contributed by atoms with Crippen LogP contribution in [0.15, 0.2) is 6.33 Å². The van der Waals surface area contributed by atoms with E-state index >= 15 is 0 Å². The average Bonchev–Trinajstić information content (AvgIpc) is 2.88. The maximum atomic E-state index is 11.4. The van der Waals surface area contributed by atoms with E-state index in [0.717, 1.165) is 0 Å². The van der Waals surface area contributed by atoms with Crippen molar-refractivity contribution in [2.45, 2.75) is 44.9 Å². The van der Waals surface area contributed by atoms with Gasteiger partial charge in [-0.2, -0.15) is 0 Å². The van der Waals surface area contributed by atoms with Gasteiger partial charge >= 0.3 is 11.9 Å². The van der Waals surface area contributed by atoms with Gasteiger partial charge in [0.15, 0.2) is 24.1 Å². The lowest BCUT2D eigenvalue weighted by Crippen LogP contribution is -2.44. The molecule has 1 fully saturated rings. The first-order valence-corrected chi connectivity index (χ1v) is 6.98. The number of hydrogen-bond donors (Lipinski definition) is 2. The number of carbonyl (C=O) groups excluding carboxylic acids is 3. The fourth-order valence-electron chi connectivity index (χ4n) is 2.83. The summed E-state index contributed by atoms with van der Waals surface area (Å²) in [5.41, 5.74) is 5.35. The molecule has 1 aromatic rings. The molecule has 2 aliphatic heterocycles. The summed E-state index contributed by atoms with van der Waals surface area (Å²) >= 11 is 0. The summed E-state index contributed by atoms with van der Waals surface area (Å²) in [5.74, 6) is -1.36. The van der Waals surface area contributed by atoms with Gasteiger partial charge in [0.1, 0.15) is 11.9 Å². The van der Waals surface area contributed by atoms with Gasteiger partial charge in [0.2, 0.25) is 0 Å². The van der Waals surface area contributed by atoms with Crippen LogP contribution in [0.4, 0.5) is 5.82 Å². The van der Waals surface area contributed by atoms with Crippen molar-refractivity contribution in [3.63, 3.8) is 0 Å². The third-order valence-corrected chi connectivity index (χ3v) is 3.64. The summed E-state index contributed by atoms with van der Waals surface area (Å²) in [7, 11) is 0. The number of primary amides is 1. The summed E-state index contributed by atoms with van der Waals surface area (Å²) in [4.78, 5) is 38.1. The largest absolute Gasteiger partial charge is 0.456 e. The molecule has 3 N–H and O–H groups in total. The van der Waals surface area contributed by atoms with Crippen molar-refractivity contribution in [2.75, 3.05) is 5.32 Å². The lowest BCUT2D eigenvalue weighted by molar-refractivity contribution is -0.164. The van der Waals surface area contributed by atoms with Crippen LogP contribution in [0.3, 0.4) is 0 Å². The molecular weight excluding hydrogens is 308 g/mol. The maximum absolute atomic E-state index is 11.4. The number of aromatic nitrogens is 2. The van der Waals surface area contributed by atoms with Crippen LogP contribution in [0.5, 0.6) is 0 Å². The molecule has 0 aromatic carbocycles. The number of nitrogens with two attached hydrogens (primary N) is 1. The van der Waals surface area contributed by atoms with Crippen LogP contribution in [0.1, 0.15) is 24.3 Å². The number of ether oxygens (including phenoxy) is 3. The monoisotopic (exact) mass is 324 g/mol. The number of carbonyl (C=O) groups is 3. The molecule has 124 valence electrons. The molecule has 0 radical (unpaired) electrons. The van der Waals surface area contributed by atoms with Gasteiger partial charge in [-0.25, -0.2) is 4.98 Å². The van der Waals surface area contributed by atoms with E-state index in [4.69, 9.17) is 19.9 Å². The smallest absolute Gasteiger partial charge is 0.303 e. The topological polar surface area (TPSA) is 135 Å². The SMILES string of the molecule is CC(=O)OC1[C@@H](OC(C)=O)[C@H]2Cn3cnc(C(N)=O)c3N[C@H]1O2. The van der Waals surface area contributed by atoms with E-state index < -0.39 is 42.4 Å². The lowest BCUT2D eigenvalue weighted by Gasteiger charge is -2.26. The number of anilines is 1. The summed E-state index contributed by atoms with van der Waals surface area (Å²) in [6.45, 7) is 2.77. The van der Waals surface area contributed by atoms with E-state index in [1.165, 1.54) is 20.2 Å². The Morgan fingerprint density at radius 2 is 1.96 bits per heavy atom. The van der Waals surface area contributed by atoms with E-state index in [0.29, 0.717) is 5.82 Å². The molecule has 1 amide bonds. The first-order valence-electron chi connectivity index (χ1n) is 6.98. The van der Waals surface area contributed by atoms with Crippen LogP contribution in [-0.2, 0) is 30.3 Å². The molecule has 3 rings (SSSR count). The Hall–Kier alpha value is -2.62. The quantitative estimate of drug-likeness (QED) is 0.676. The molecule has 10 heteroatoms. The van der Waals surface area contributed by atoms with Gasteiger partial charge in [0.25, 0.3) is 5.91 Å². The Kier molecular flexibility index (Phi) is 3.68. The lowest BCUT2D eigenvalue weighted by atomic mass is 10.1. The number of nitrogens with zero attached hydrogens (tertiary/aromatic N) is 2. The van der Waals surface area contributed by atoms with Gasteiger partial charge in [-0.05, 0) is 0 Å². The van der Waals surface area contributed by atoms with Crippen LogP contribution >= 0.6 is 0 Å². The van der Waals surface area contributed by atoms with Crippen molar-refractivity contribution in [2.24, 2.45) is 5.73 Å². The molecule has 0 saturated carbocycles. The summed E-state index contributed by atoms with van der Waals surface area (Å²) in [5, 5.41) is 2.95. The predicted octanol–water partition coefficient (Wildman–Crippen LogP) is -1.00. The zero-order chi connectivity index (χ0) is 16.7. The Bertz CT molecular complexity index is 671. The summed E-state index contributed by atoms with van der Waals surface area (Å²) in [6, 6.07) is 0. The highest BCUT2D eigenvalue weighted by atomic mass is 16.6. The third kappa shape index (κ3) is 2.72. The van der Waals surface area contributed by atoms with E-state index in [2.05, 4.69) is 10.3 Å². The Labute approximate surface area is 130 Å². The van der Waals surface area contributed by atoms with E-state index in [9.17, 15) is 14.4 Å². The minimum atomic E-state index is -0.842. The van der Waals surface area contributed by atoms with Crippen molar-refractivity contribution in [3.8, 4) is 0 Å². The molecule has 3 heterocycles. The van der Waals surface area contributed by atoms with Gasteiger partial charge in [-0.3, -0.25) is 14.4 Å². The molecule has 23 heavy (non-hydrogen) atoms. The average molecular weight is 324 g/mol. The fourth-order valence-corrected chi connectivity index (χ4v) is 2.83. The molecule has 2 aliphatic rings. The number of nitrogens with one attached hydrogen (secondary N) is 1. The number of hydrogen-bond acceptors (Lipinski definition) is 8. The van der Waals surface area contributed by atoms with E-state index in [1.54, 1.807) is 4.57 Å². The second-order valence-electron chi connectivity index (χ2n) is 5.35. The van der Waals surface area contributed by atoms with Gasteiger partial charge in [0, 0.05) is 13.8 Å². The number of rotatable bonds is 3. The van der Waals surface area contributed by atoms with Crippen LogP contribution in [0.2, 0.25) is 0 Å².